The molecule has 0 aromatic heterocycles. The van der Waals surface area contributed by atoms with Gasteiger partial charge in [-0.25, -0.2) is 0 Å². The molecular formula is C15H21NO2. The first-order chi connectivity index (χ1) is 8.55. The summed E-state index contributed by atoms with van der Waals surface area (Å²) in [6, 6.07) is 5.85. The molecule has 1 atom stereocenters. The van der Waals surface area contributed by atoms with E-state index < -0.39 is 0 Å². The predicted octanol–water partition coefficient (Wildman–Crippen LogP) is 2.95. The Hall–Kier alpha value is -1.22. The van der Waals surface area contributed by atoms with Crippen LogP contribution in [0, 0.1) is 5.41 Å². The summed E-state index contributed by atoms with van der Waals surface area (Å²) in [5.74, 6) is 1.14. The van der Waals surface area contributed by atoms with E-state index in [1.165, 1.54) is 18.4 Å². The first kappa shape index (κ1) is 11.8. The normalized spacial score (nSPS) is 26.7. The quantitative estimate of drug-likeness (QED) is 0.828. The monoisotopic (exact) mass is 247 g/mol. The minimum Gasteiger partial charge on any atom is -0.508 e. The summed E-state index contributed by atoms with van der Waals surface area (Å²) in [5, 5.41) is 9.48. The standard InChI is InChI=1S/C15H21NO2/c1-15(2)6-3-7-16(10-15)13-9-18-14-8-11(17)4-5-12(13)14/h4-5,8,13,17H,3,6-7,9-10H2,1-2H3. The molecule has 0 aliphatic carbocycles. The number of phenolic OH excluding ortho intramolecular Hbond substituents is 1. The van der Waals surface area contributed by atoms with E-state index in [0.29, 0.717) is 11.5 Å². The molecular weight excluding hydrogens is 226 g/mol. The van der Waals surface area contributed by atoms with Gasteiger partial charge < -0.3 is 9.84 Å². The van der Waals surface area contributed by atoms with Gasteiger partial charge in [-0.3, -0.25) is 4.90 Å². The van der Waals surface area contributed by atoms with Crippen molar-refractivity contribution in [2.45, 2.75) is 32.7 Å². The molecule has 0 spiro atoms. The molecule has 2 aliphatic heterocycles. The van der Waals surface area contributed by atoms with E-state index in [-0.39, 0.29) is 5.75 Å². The largest absolute Gasteiger partial charge is 0.508 e. The maximum absolute atomic E-state index is 9.48. The first-order valence-electron chi connectivity index (χ1n) is 6.75. The van der Waals surface area contributed by atoms with Crippen LogP contribution in [0.3, 0.4) is 0 Å². The van der Waals surface area contributed by atoms with Crippen LogP contribution in [0.2, 0.25) is 0 Å². The van der Waals surface area contributed by atoms with Crippen LogP contribution >= 0.6 is 0 Å². The molecule has 1 fully saturated rings. The highest BCUT2D eigenvalue weighted by atomic mass is 16.5. The van der Waals surface area contributed by atoms with Crippen LogP contribution in [0.1, 0.15) is 38.3 Å². The molecule has 1 unspecified atom stereocenters. The van der Waals surface area contributed by atoms with E-state index in [0.717, 1.165) is 25.4 Å². The van der Waals surface area contributed by atoms with Crippen molar-refractivity contribution in [3.63, 3.8) is 0 Å². The Balaban J connectivity index is 1.83. The number of benzene rings is 1. The van der Waals surface area contributed by atoms with Gasteiger partial charge in [-0.2, -0.15) is 0 Å². The Labute approximate surface area is 108 Å². The molecule has 1 N–H and O–H groups in total. The van der Waals surface area contributed by atoms with E-state index in [4.69, 9.17) is 4.74 Å². The molecule has 3 rings (SSSR count). The number of phenols is 1. The summed E-state index contributed by atoms with van der Waals surface area (Å²) in [6.07, 6.45) is 2.57. The fourth-order valence-corrected chi connectivity index (χ4v) is 3.22. The second-order valence-corrected chi connectivity index (χ2v) is 6.29. The molecule has 1 aromatic rings. The van der Waals surface area contributed by atoms with Crippen molar-refractivity contribution in [2.75, 3.05) is 19.7 Å². The summed E-state index contributed by atoms with van der Waals surface area (Å²) in [7, 11) is 0. The summed E-state index contributed by atoms with van der Waals surface area (Å²) in [4.78, 5) is 2.53. The summed E-state index contributed by atoms with van der Waals surface area (Å²) in [5.41, 5.74) is 1.63. The Kier molecular flexibility index (Phi) is 2.74. The van der Waals surface area contributed by atoms with Crippen LogP contribution < -0.4 is 4.74 Å². The van der Waals surface area contributed by atoms with Crippen LogP contribution in [-0.4, -0.2) is 29.7 Å². The number of ether oxygens (including phenoxy) is 1. The highest BCUT2D eigenvalue weighted by Crippen LogP contribution is 2.41. The highest BCUT2D eigenvalue weighted by molar-refractivity contribution is 5.44. The van der Waals surface area contributed by atoms with E-state index in [1.54, 1.807) is 12.1 Å². The topological polar surface area (TPSA) is 32.7 Å². The van der Waals surface area contributed by atoms with Crippen LogP contribution in [0.25, 0.3) is 0 Å². The lowest BCUT2D eigenvalue weighted by Gasteiger charge is -2.40. The molecule has 0 saturated carbocycles. The van der Waals surface area contributed by atoms with Gasteiger partial charge in [-0.1, -0.05) is 13.8 Å². The lowest BCUT2D eigenvalue weighted by atomic mass is 9.83. The van der Waals surface area contributed by atoms with Gasteiger partial charge in [0.15, 0.2) is 0 Å². The zero-order chi connectivity index (χ0) is 12.8. The first-order valence-corrected chi connectivity index (χ1v) is 6.75. The number of aromatic hydroxyl groups is 1. The molecule has 18 heavy (non-hydrogen) atoms. The van der Waals surface area contributed by atoms with Crippen molar-refractivity contribution in [1.82, 2.24) is 4.90 Å². The van der Waals surface area contributed by atoms with Gasteiger partial charge in [-0.05, 0) is 36.9 Å². The Morgan fingerprint density at radius 1 is 1.39 bits per heavy atom. The number of hydrogen-bond acceptors (Lipinski definition) is 3. The zero-order valence-electron chi connectivity index (χ0n) is 11.1. The van der Waals surface area contributed by atoms with Gasteiger partial charge in [0.1, 0.15) is 18.1 Å². The number of piperidine rings is 1. The van der Waals surface area contributed by atoms with Gasteiger partial charge in [-0.15, -0.1) is 0 Å². The Morgan fingerprint density at radius 2 is 2.22 bits per heavy atom. The van der Waals surface area contributed by atoms with Gasteiger partial charge >= 0.3 is 0 Å². The molecule has 0 amide bonds. The van der Waals surface area contributed by atoms with Crippen molar-refractivity contribution >= 4 is 0 Å². The molecule has 3 heteroatoms. The van der Waals surface area contributed by atoms with Crippen LogP contribution in [-0.2, 0) is 0 Å². The molecule has 98 valence electrons. The predicted molar refractivity (Wildman–Crippen MR) is 70.9 cm³/mol. The number of rotatable bonds is 1. The second-order valence-electron chi connectivity index (χ2n) is 6.29. The van der Waals surface area contributed by atoms with E-state index in [1.807, 2.05) is 6.07 Å². The van der Waals surface area contributed by atoms with Crippen molar-refractivity contribution in [1.29, 1.82) is 0 Å². The summed E-state index contributed by atoms with van der Waals surface area (Å²) >= 11 is 0. The SMILES string of the molecule is CC1(C)CCCN(C2COc3cc(O)ccc32)C1. The molecule has 2 aliphatic rings. The van der Waals surface area contributed by atoms with Crippen molar-refractivity contribution in [2.24, 2.45) is 5.41 Å². The number of hydrogen-bond donors (Lipinski definition) is 1. The van der Waals surface area contributed by atoms with E-state index in [9.17, 15) is 5.11 Å². The molecule has 2 heterocycles. The minimum atomic E-state index is 0.286. The molecule has 0 bridgehead atoms. The van der Waals surface area contributed by atoms with Crippen molar-refractivity contribution < 1.29 is 9.84 Å². The van der Waals surface area contributed by atoms with E-state index >= 15 is 0 Å². The fraction of sp³-hybridized carbons (Fsp3) is 0.600. The number of nitrogens with zero attached hydrogens (tertiary/aromatic N) is 1. The lowest BCUT2D eigenvalue weighted by Crippen LogP contribution is -2.42. The zero-order valence-corrected chi connectivity index (χ0v) is 11.1. The molecule has 1 saturated heterocycles. The summed E-state index contributed by atoms with van der Waals surface area (Å²) < 4.78 is 5.71. The van der Waals surface area contributed by atoms with Crippen LogP contribution in [0.15, 0.2) is 18.2 Å². The average Bonchev–Trinajstić information content (AvgIpc) is 2.70. The van der Waals surface area contributed by atoms with Gasteiger partial charge in [0, 0.05) is 18.2 Å². The lowest BCUT2D eigenvalue weighted by molar-refractivity contribution is 0.0676. The van der Waals surface area contributed by atoms with Crippen molar-refractivity contribution in [3.8, 4) is 11.5 Å². The number of likely N-dealkylation sites (tertiary alicyclic amines) is 1. The Bertz CT molecular complexity index is 456. The van der Waals surface area contributed by atoms with Gasteiger partial charge in [0.05, 0.1) is 6.04 Å². The van der Waals surface area contributed by atoms with Crippen LogP contribution in [0.5, 0.6) is 11.5 Å². The van der Waals surface area contributed by atoms with E-state index in [2.05, 4.69) is 18.7 Å². The third-order valence-electron chi connectivity index (χ3n) is 4.12. The maximum Gasteiger partial charge on any atom is 0.127 e. The van der Waals surface area contributed by atoms with Gasteiger partial charge in [0.25, 0.3) is 0 Å². The maximum atomic E-state index is 9.48. The second kappa shape index (κ2) is 4.16. The molecule has 1 aromatic carbocycles. The third-order valence-corrected chi connectivity index (χ3v) is 4.12. The number of fused-ring (bicyclic) bond motifs is 1. The van der Waals surface area contributed by atoms with Gasteiger partial charge in [0.2, 0.25) is 0 Å². The minimum absolute atomic E-state index is 0.286. The summed E-state index contributed by atoms with van der Waals surface area (Å²) in [6.45, 7) is 7.67. The smallest absolute Gasteiger partial charge is 0.127 e. The highest BCUT2D eigenvalue weighted by Gasteiger charge is 2.35. The third kappa shape index (κ3) is 2.07. The molecule has 0 radical (unpaired) electrons. The Morgan fingerprint density at radius 3 is 3.00 bits per heavy atom. The average molecular weight is 247 g/mol. The fourth-order valence-electron chi connectivity index (χ4n) is 3.22. The van der Waals surface area contributed by atoms with Crippen LogP contribution in [0.4, 0.5) is 0 Å². The molecule has 3 nitrogen and oxygen atoms in total. The van der Waals surface area contributed by atoms with Crippen molar-refractivity contribution in [3.05, 3.63) is 23.8 Å².